The highest BCUT2D eigenvalue weighted by Crippen LogP contribution is 2.19. The van der Waals surface area contributed by atoms with E-state index in [-0.39, 0.29) is 23.4 Å². The minimum Gasteiger partial charge on any atom is -0.481 e. The maximum absolute atomic E-state index is 12.0. The molecule has 2 aliphatic heterocycles. The van der Waals surface area contributed by atoms with Gasteiger partial charge in [-0.05, 0) is 18.4 Å². The van der Waals surface area contributed by atoms with Crippen LogP contribution in [0.5, 0.6) is 0 Å². The van der Waals surface area contributed by atoms with E-state index >= 15 is 0 Å². The first-order valence-electron chi connectivity index (χ1n) is 15.3. The van der Waals surface area contributed by atoms with Gasteiger partial charge < -0.3 is 15.5 Å². The summed E-state index contributed by atoms with van der Waals surface area (Å²) in [6, 6.07) is 14.5. The van der Waals surface area contributed by atoms with E-state index in [0.29, 0.717) is 50.1 Å². The number of aliphatic carboxylic acids is 2. The highest BCUT2D eigenvalue weighted by Gasteiger charge is 2.32. The molecule has 2 aliphatic rings. The van der Waals surface area contributed by atoms with Gasteiger partial charge in [0.25, 0.3) is 0 Å². The number of nitrogens with zero attached hydrogens (tertiary/aromatic N) is 1. The first-order chi connectivity index (χ1) is 20.7. The fourth-order valence-corrected chi connectivity index (χ4v) is 4.48. The number of hydrogen-bond acceptors (Lipinski definition) is 7. The van der Waals surface area contributed by atoms with Gasteiger partial charge in [0.05, 0.1) is 11.8 Å². The predicted molar refractivity (Wildman–Crippen MR) is 166 cm³/mol. The smallest absolute Gasteiger partial charge is 0.309 e. The van der Waals surface area contributed by atoms with E-state index in [4.69, 9.17) is 10.2 Å². The quantitative estimate of drug-likeness (QED) is 0.138. The summed E-state index contributed by atoms with van der Waals surface area (Å²) in [7, 11) is 0. The number of nitrogens with one attached hydrogen (secondary N) is 1. The Bertz CT molecular complexity index is 1170. The molecular weight excluding hydrogens is 548 g/mol. The second-order valence-corrected chi connectivity index (χ2v) is 11.1. The lowest BCUT2D eigenvalue weighted by molar-refractivity contribution is -0.148. The molecule has 9 nitrogen and oxygen atoms in total. The molecule has 0 unspecified atom stereocenters. The molecule has 0 saturated carbocycles. The number of benzene rings is 2. The average molecular weight is 595 g/mol. The van der Waals surface area contributed by atoms with Gasteiger partial charge in [0, 0.05) is 62.3 Å². The van der Waals surface area contributed by atoms with Crippen LogP contribution in [0.25, 0.3) is 0 Å². The number of carboxylic acids is 2. The Morgan fingerprint density at radius 2 is 1.21 bits per heavy atom. The third kappa shape index (κ3) is 13.0. The summed E-state index contributed by atoms with van der Waals surface area (Å²) in [6.07, 6.45) is 8.36. The number of rotatable bonds is 15. The minimum absolute atomic E-state index is 0.111. The van der Waals surface area contributed by atoms with Gasteiger partial charge >= 0.3 is 11.9 Å². The standard InChI is InChI=1S/C17H23NO3.C13H16O2.C4H7NO2/c1-2-3-4-5-16(19)14-8-6-13(7-9-14)10-18-11-15(12-18)17(20)21;1-2-3-4-5-13(15)12-8-6-11(10-14)7-9-12;6-4(7)3-1-5-2-3/h6-9,15H,2-5,10-12H2,1H3,(H,20,21);6-10H,2-5H2,1H3;3,5H,1-2H2,(H,6,7). The summed E-state index contributed by atoms with van der Waals surface area (Å²) in [5, 5.41) is 19.9. The van der Waals surface area contributed by atoms with Crippen molar-refractivity contribution in [1.29, 1.82) is 0 Å². The van der Waals surface area contributed by atoms with Crippen LogP contribution >= 0.6 is 0 Å². The molecule has 9 heteroatoms. The van der Waals surface area contributed by atoms with Gasteiger partial charge in [-0.3, -0.25) is 28.9 Å². The first-order valence-corrected chi connectivity index (χ1v) is 15.3. The van der Waals surface area contributed by atoms with E-state index in [1.165, 1.54) is 0 Å². The van der Waals surface area contributed by atoms with Crippen LogP contribution in [0, 0.1) is 11.8 Å². The number of carboxylic acid groups (broad SMARTS) is 2. The molecule has 2 fully saturated rings. The molecule has 0 radical (unpaired) electrons. The van der Waals surface area contributed by atoms with E-state index in [2.05, 4.69) is 24.1 Å². The third-order valence-electron chi connectivity index (χ3n) is 7.50. The van der Waals surface area contributed by atoms with Crippen molar-refractivity contribution >= 4 is 29.8 Å². The molecule has 0 aromatic heterocycles. The van der Waals surface area contributed by atoms with Crippen LogP contribution in [0.3, 0.4) is 0 Å². The number of Topliss-reactive ketones (excluding diaryl/α,β-unsaturated/α-hetero) is 2. The Morgan fingerprint density at radius 1 is 0.744 bits per heavy atom. The normalized spacial score (nSPS) is 14.6. The van der Waals surface area contributed by atoms with Crippen LogP contribution in [-0.2, 0) is 16.1 Å². The summed E-state index contributed by atoms with van der Waals surface area (Å²) < 4.78 is 0. The number of aldehydes is 1. The van der Waals surface area contributed by atoms with Gasteiger partial charge in [-0.2, -0.15) is 0 Å². The van der Waals surface area contributed by atoms with Crippen molar-refractivity contribution in [1.82, 2.24) is 10.2 Å². The molecule has 2 heterocycles. The van der Waals surface area contributed by atoms with E-state index in [1.54, 1.807) is 24.3 Å². The van der Waals surface area contributed by atoms with Crippen molar-refractivity contribution in [2.24, 2.45) is 11.8 Å². The van der Waals surface area contributed by atoms with E-state index in [0.717, 1.165) is 62.5 Å². The topological polar surface area (TPSA) is 141 Å². The fourth-order valence-electron chi connectivity index (χ4n) is 4.48. The zero-order valence-corrected chi connectivity index (χ0v) is 25.4. The Labute approximate surface area is 254 Å². The van der Waals surface area contributed by atoms with Gasteiger partial charge in [0.1, 0.15) is 6.29 Å². The maximum Gasteiger partial charge on any atom is 0.309 e. The zero-order chi connectivity index (χ0) is 31.6. The maximum atomic E-state index is 12.0. The molecule has 0 spiro atoms. The monoisotopic (exact) mass is 594 g/mol. The summed E-state index contributed by atoms with van der Waals surface area (Å²) in [6.45, 7) is 7.53. The zero-order valence-electron chi connectivity index (χ0n) is 25.4. The summed E-state index contributed by atoms with van der Waals surface area (Å²) in [5.74, 6) is -1.34. The third-order valence-corrected chi connectivity index (χ3v) is 7.50. The first kappa shape index (κ1) is 35.5. The molecule has 2 aromatic carbocycles. The largest absolute Gasteiger partial charge is 0.481 e. The Balaban J connectivity index is 0.000000254. The van der Waals surface area contributed by atoms with Crippen molar-refractivity contribution < 1.29 is 34.2 Å². The SMILES string of the molecule is CCCCCC(=O)c1ccc(C=O)cc1.CCCCCC(=O)c1ccc(CN2CC(C(=O)O)C2)cc1.O=C(O)C1CNC1. The van der Waals surface area contributed by atoms with Gasteiger partial charge in [-0.25, -0.2) is 0 Å². The molecule has 0 aliphatic carbocycles. The number of likely N-dealkylation sites (tertiary alicyclic amines) is 1. The minimum atomic E-state index is -0.709. The van der Waals surface area contributed by atoms with Crippen molar-refractivity contribution in [3.63, 3.8) is 0 Å². The number of carbonyl (C=O) groups excluding carboxylic acids is 3. The lowest BCUT2D eigenvalue weighted by atomic mass is 9.99. The summed E-state index contributed by atoms with van der Waals surface area (Å²) in [5.41, 5.74) is 3.22. The van der Waals surface area contributed by atoms with Crippen molar-refractivity contribution in [2.45, 2.75) is 71.8 Å². The molecule has 2 saturated heterocycles. The van der Waals surface area contributed by atoms with Crippen LogP contribution in [0.15, 0.2) is 48.5 Å². The lowest BCUT2D eigenvalue weighted by Crippen LogP contribution is -2.49. The molecular formula is C34H46N2O7. The van der Waals surface area contributed by atoms with Crippen molar-refractivity contribution in [3.8, 4) is 0 Å². The van der Waals surface area contributed by atoms with Gasteiger partial charge in [0.15, 0.2) is 11.6 Å². The summed E-state index contributed by atoms with van der Waals surface area (Å²) in [4.78, 5) is 56.8. The van der Waals surface area contributed by atoms with Gasteiger partial charge in [-0.1, -0.05) is 88.1 Å². The average Bonchev–Trinajstić information content (AvgIpc) is 2.94. The Morgan fingerprint density at radius 3 is 1.56 bits per heavy atom. The van der Waals surface area contributed by atoms with Gasteiger partial charge in [-0.15, -0.1) is 0 Å². The Kier molecular flexibility index (Phi) is 16.1. The molecule has 0 amide bonds. The van der Waals surface area contributed by atoms with Crippen molar-refractivity contribution in [3.05, 3.63) is 70.8 Å². The highest BCUT2D eigenvalue weighted by molar-refractivity contribution is 5.96. The molecule has 0 atom stereocenters. The number of carbonyl (C=O) groups is 5. The van der Waals surface area contributed by atoms with Gasteiger partial charge in [0.2, 0.25) is 0 Å². The molecule has 4 rings (SSSR count). The van der Waals surface area contributed by atoms with Crippen molar-refractivity contribution in [2.75, 3.05) is 26.2 Å². The lowest BCUT2D eigenvalue weighted by Gasteiger charge is -2.36. The second kappa shape index (κ2) is 19.5. The van der Waals surface area contributed by atoms with E-state index < -0.39 is 11.9 Å². The van der Waals surface area contributed by atoms with E-state index in [1.807, 2.05) is 24.3 Å². The summed E-state index contributed by atoms with van der Waals surface area (Å²) >= 11 is 0. The van der Waals surface area contributed by atoms with Crippen LogP contribution in [0.2, 0.25) is 0 Å². The van der Waals surface area contributed by atoms with E-state index in [9.17, 15) is 24.0 Å². The highest BCUT2D eigenvalue weighted by atomic mass is 16.4. The predicted octanol–water partition coefficient (Wildman–Crippen LogP) is 5.52. The molecule has 3 N–H and O–H groups in total. The van der Waals surface area contributed by atoms with Crippen LogP contribution in [-0.4, -0.2) is 71.1 Å². The fraction of sp³-hybridized carbons (Fsp3) is 0.500. The molecule has 2 aromatic rings. The molecule has 234 valence electrons. The van der Waals surface area contributed by atoms with Crippen LogP contribution in [0.4, 0.5) is 0 Å². The molecule has 43 heavy (non-hydrogen) atoms. The van der Waals surface area contributed by atoms with Crippen LogP contribution in [0.1, 0.15) is 102 Å². The second-order valence-electron chi connectivity index (χ2n) is 11.1. The Hall–Kier alpha value is -3.69. The number of hydrogen-bond donors (Lipinski definition) is 3. The number of ketones is 2. The molecule has 0 bridgehead atoms. The number of unbranched alkanes of at least 4 members (excludes halogenated alkanes) is 4. The van der Waals surface area contributed by atoms with Crippen LogP contribution < -0.4 is 5.32 Å².